The van der Waals surface area contributed by atoms with E-state index in [1.165, 1.54) is 17.5 Å². The quantitative estimate of drug-likeness (QED) is 0.765. The molecule has 0 saturated heterocycles. The topological polar surface area (TPSA) is 83.7 Å². The molecule has 0 radical (unpaired) electrons. The van der Waals surface area contributed by atoms with E-state index in [-0.39, 0.29) is 11.3 Å². The van der Waals surface area contributed by atoms with Crippen molar-refractivity contribution in [1.82, 2.24) is 14.7 Å². The summed E-state index contributed by atoms with van der Waals surface area (Å²) < 4.78 is 28.3. The molecule has 0 aliphatic heterocycles. The van der Waals surface area contributed by atoms with Crippen LogP contribution in [0.5, 0.6) is 0 Å². The van der Waals surface area contributed by atoms with Crippen LogP contribution in [0.2, 0.25) is 0 Å². The Kier molecular flexibility index (Phi) is 3.78. The zero-order valence-electron chi connectivity index (χ0n) is 11.4. The average Bonchev–Trinajstić information content (AvgIpc) is 3.06. The maximum absolute atomic E-state index is 13.8. The van der Waals surface area contributed by atoms with Gasteiger partial charge in [-0.05, 0) is 6.07 Å². The number of aliphatic carboxylic acids is 1. The van der Waals surface area contributed by atoms with E-state index in [1.807, 2.05) is 0 Å². The number of carbonyl (C=O) groups excluding carboxylic acids is 1. The number of carboxylic acids is 1. The van der Waals surface area contributed by atoms with Gasteiger partial charge in [-0.3, -0.25) is 9.20 Å². The summed E-state index contributed by atoms with van der Waals surface area (Å²) in [5, 5.41) is 13.2. The first-order valence-electron chi connectivity index (χ1n) is 6.36. The molecule has 9 heteroatoms. The fourth-order valence-electron chi connectivity index (χ4n) is 2.05. The number of carbonyl (C=O) groups is 2. The van der Waals surface area contributed by atoms with Gasteiger partial charge in [-0.2, -0.15) is 0 Å². The Labute approximate surface area is 132 Å². The molecule has 3 aromatic rings. The fraction of sp³-hybridized carbons (Fsp3) is 0.0714. The molecule has 1 atom stereocenters. The number of hydrogen-bond donors (Lipinski definition) is 2. The zero-order valence-corrected chi connectivity index (χ0v) is 12.2. The Hall–Kier alpha value is -2.81. The molecule has 0 aliphatic rings. The monoisotopic (exact) mass is 337 g/mol. The smallest absolute Gasteiger partial charge is 0.331 e. The zero-order chi connectivity index (χ0) is 16.6. The van der Waals surface area contributed by atoms with Crippen LogP contribution < -0.4 is 5.32 Å². The van der Waals surface area contributed by atoms with Crippen LogP contribution in [-0.2, 0) is 4.79 Å². The number of thiazole rings is 1. The second-order valence-corrected chi connectivity index (χ2v) is 5.50. The highest BCUT2D eigenvalue weighted by Gasteiger charge is 2.26. The third kappa shape index (κ3) is 2.90. The Balaban J connectivity index is 1.88. The van der Waals surface area contributed by atoms with Gasteiger partial charge in [-0.15, -0.1) is 11.3 Å². The van der Waals surface area contributed by atoms with E-state index in [0.29, 0.717) is 11.0 Å². The van der Waals surface area contributed by atoms with Gasteiger partial charge in [-0.25, -0.2) is 18.6 Å². The van der Waals surface area contributed by atoms with E-state index in [1.54, 1.807) is 16.0 Å². The maximum Gasteiger partial charge on any atom is 0.331 e. The second kappa shape index (κ2) is 5.76. The number of aromatic nitrogens is 2. The number of fused-ring (bicyclic) bond motifs is 1. The molecule has 0 spiro atoms. The van der Waals surface area contributed by atoms with E-state index >= 15 is 0 Å². The summed E-state index contributed by atoms with van der Waals surface area (Å²) in [6, 6.07) is 0.815. The minimum Gasteiger partial charge on any atom is -0.479 e. The van der Waals surface area contributed by atoms with E-state index in [4.69, 9.17) is 0 Å². The molecule has 118 valence electrons. The summed E-state index contributed by atoms with van der Waals surface area (Å²) >= 11 is 1.31. The summed E-state index contributed by atoms with van der Waals surface area (Å²) in [5.41, 5.74) is -0.334. The highest BCUT2D eigenvalue weighted by molar-refractivity contribution is 7.15. The molecule has 1 amide bonds. The van der Waals surface area contributed by atoms with Crippen LogP contribution in [0.3, 0.4) is 0 Å². The van der Waals surface area contributed by atoms with Crippen molar-refractivity contribution in [3.05, 3.63) is 58.9 Å². The van der Waals surface area contributed by atoms with Crippen molar-refractivity contribution < 1.29 is 23.5 Å². The van der Waals surface area contributed by atoms with E-state index in [9.17, 15) is 23.5 Å². The lowest BCUT2D eigenvalue weighted by Crippen LogP contribution is -2.34. The third-order valence-electron chi connectivity index (χ3n) is 3.12. The average molecular weight is 337 g/mol. The SMILES string of the molecule is O=C(N[C@@H](C(=O)O)c1ccc(F)cc1F)c1cn2ccsc2n1. The minimum atomic E-state index is -1.65. The van der Waals surface area contributed by atoms with E-state index in [2.05, 4.69) is 10.3 Å². The molecular formula is C14H9F2N3O3S. The predicted molar refractivity (Wildman–Crippen MR) is 77.3 cm³/mol. The Morgan fingerprint density at radius 3 is 2.78 bits per heavy atom. The van der Waals surface area contributed by atoms with Gasteiger partial charge in [0.1, 0.15) is 17.3 Å². The molecule has 6 nitrogen and oxygen atoms in total. The van der Waals surface area contributed by atoms with Crippen LogP contribution in [0.15, 0.2) is 36.0 Å². The van der Waals surface area contributed by atoms with E-state index in [0.717, 1.165) is 12.1 Å². The summed E-state index contributed by atoms with van der Waals surface area (Å²) in [7, 11) is 0. The van der Waals surface area contributed by atoms with Crippen molar-refractivity contribution in [2.24, 2.45) is 0 Å². The number of nitrogens with zero attached hydrogens (tertiary/aromatic N) is 2. The molecule has 1 aromatic carbocycles. The largest absolute Gasteiger partial charge is 0.479 e. The number of amides is 1. The fourth-order valence-corrected chi connectivity index (χ4v) is 2.75. The van der Waals surface area contributed by atoms with Crippen molar-refractivity contribution in [2.45, 2.75) is 6.04 Å². The van der Waals surface area contributed by atoms with Crippen LogP contribution in [0.4, 0.5) is 8.78 Å². The lowest BCUT2D eigenvalue weighted by atomic mass is 10.1. The van der Waals surface area contributed by atoms with Crippen molar-refractivity contribution in [3.8, 4) is 0 Å². The molecule has 0 aliphatic carbocycles. The second-order valence-electron chi connectivity index (χ2n) is 4.63. The number of imidazole rings is 1. The van der Waals surface area contributed by atoms with Crippen molar-refractivity contribution >= 4 is 28.2 Å². The van der Waals surface area contributed by atoms with Crippen LogP contribution in [0.25, 0.3) is 4.96 Å². The lowest BCUT2D eigenvalue weighted by molar-refractivity contribution is -0.139. The number of carboxylic acid groups (broad SMARTS) is 1. The summed E-state index contributed by atoms with van der Waals surface area (Å²) in [4.78, 5) is 28.1. The standard InChI is InChI=1S/C14H9F2N3O3S/c15-7-1-2-8(9(16)5-7)11(13(21)22)18-12(20)10-6-19-3-4-23-14(19)17-10/h1-6,11H,(H,18,20)(H,21,22)/t11-/m1/s1. The number of hydrogen-bond acceptors (Lipinski definition) is 4. The first kappa shape index (κ1) is 15.1. The molecule has 3 rings (SSSR count). The molecule has 2 heterocycles. The highest BCUT2D eigenvalue weighted by atomic mass is 32.1. The Morgan fingerprint density at radius 2 is 2.13 bits per heavy atom. The number of benzene rings is 1. The lowest BCUT2D eigenvalue weighted by Gasteiger charge is -2.14. The summed E-state index contributed by atoms with van der Waals surface area (Å²) in [6.07, 6.45) is 3.12. The van der Waals surface area contributed by atoms with Crippen molar-refractivity contribution in [3.63, 3.8) is 0 Å². The van der Waals surface area contributed by atoms with Crippen molar-refractivity contribution in [2.75, 3.05) is 0 Å². The molecule has 0 saturated carbocycles. The first-order valence-corrected chi connectivity index (χ1v) is 7.24. The van der Waals surface area contributed by atoms with Gasteiger partial charge in [0.25, 0.3) is 5.91 Å². The summed E-state index contributed by atoms with van der Waals surface area (Å²) in [5.74, 6) is -4.12. The van der Waals surface area contributed by atoms with Crippen molar-refractivity contribution in [1.29, 1.82) is 0 Å². The number of rotatable bonds is 4. The minimum absolute atomic E-state index is 0.00520. The molecule has 2 aromatic heterocycles. The maximum atomic E-state index is 13.8. The van der Waals surface area contributed by atoms with Crippen LogP contribution in [0, 0.1) is 11.6 Å². The van der Waals surface area contributed by atoms with Gasteiger partial charge in [0.2, 0.25) is 0 Å². The molecule has 0 fully saturated rings. The van der Waals surface area contributed by atoms with Gasteiger partial charge in [0.05, 0.1) is 0 Å². The molecular weight excluding hydrogens is 328 g/mol. The molecule has 0 bridgehead atoms. The number of nitrogens with one attached hydrogen (secondary N) is 1. The third-order valence-corrected chi connectivity index (χ3v) is 3.89. The predicted octanol–water partition coefficient (Wildman–Crippen LogP) is 2.23. The van der Waals surface area contributed by atoms with Crippen LogP contribution in [-0.4, -0.2) is 26.4 Å². The molecule has 23 heavy (non-hydrogen) atoms. The van der Waals surface area contributed by atoms with E-state index < -0.39 is 29.6 Å². The van der Waals surface area contributed by atoms with Crippen LogP contribution in [0.1, 0.15) is 22.1 Å². The molecule has 0 unspecified atom stereocenters. The van der Waals surface area contributed by atoms with Gasteiger partial charge in [0, 0.05) is 29.4 Å². The highest BCUT2D eigenvalue weighted by Crippen LogP contribution is 2.19. The van der Waals surface area contributed by atoms with Gasteiger partial charge in [0.15, 0.2) is 11.0 Å². The summed E-state index contributed by atoms with van der Waals surface area (Å²) in [6.45, 7) is 0. The van der Waals surface area contributed by atoms with Gasteiger partial charge < -0.3 is 10.4 Å². The Bertz CT molecular complexity index is 877. The Morgan fingerprint density at radius 1 is 1.35 bits per heavy atom. The van der Waals surface area contributed by atoms with Crippen LogP contribution >= 0.6 is 11.3 Å². The van der Waals surface area contributed by atoms with Gasteiger partial charge in [-0.1, -0.05) is 6.07 Å². The molecule has 2 N–H and O–H groups in total. The first-order chi connectivity index (χ1) is 11.0. The number of halogens is 2. The normalized spacial score (nSPS) is 12.3. The van der Waals surface area contributed by atoms with Gasteiger partial charge >= 0.3 is 5.97 Å².